The lowest BCUT2D eigenvalue weighted by atomic mass is 10.1. The Kier molecular flexibility index (Phi) is 7.95. The number of piperidine rings is 1. The Morgan fingerprint density at radius 2 is 1.68 bits per heavy atom. The molecule has 0 spiro atoms. The Morgan fingerprint density at radius 1 is 0.868 bits per heavy atom. The summed E-state index contributed by atoms with van der Waals surface area (Å²) in [6.45, 7) is 5.66. The minimum absolute atomic E-state index is 0.230. The van der Waals surface area contributed by atoms with Gasteiger partial charge in [-0.3, -0.25) is 19.5 Å². The standard InChI is InChI=1S/C31H32N4O3/c1-22-10-12-26(33-30(36)25-11-13-28-23(19-25)8-6-14-32-28)21-29(22)34-31(37)24-7-5-9-27(20-24)38-18-17-35-15-3-2-4-16-35/h5-14,19-21H,2-4,15-18H2,1H3,(H,33,36)(H,34,37). The second-order valence-corrected chi connectivity index (χ2v) is 9.63. The number of anilines is 2. The third kappa shape index (κ3) is 6.36. The van der Waals surface area contributed by atoms with Gasteiger partial charge in [0.05, 0.1) is 5.52 Å². The van der Waals surface area contributed by atoms with Gasteiger partial charge in [-0.1, -0.05) is 24.6 Å². The highest BCUT2D eigenvalue weighted by Crippen LogP contribution is 2.23. The molecule has 1 aliphatic rings. The smallest absolute Gasteiger partial charge is 0.255 e. The molecule has 5 rings (SSSR count). The van der Waals surface area contributed by atoms with Gasteiger partial charge < -0.3 is 15.4 Å². The Balaban J connectivity index is 1.22. The van der Waals surface area contributed by atoms with Gasteiger partial charge in [0.1, 0.15) is 12.4 Å². The van der Waals surface area contributed by atoms with E-state index in [1.165, 1.54) is 19.3 Å². The molecule has 3 aromatic carbocycles. The highest BCUT2D eigenvalue weighted by Gasteiger charge is 2.13. The van der Waals surface area contributed by atoms with Gasteiger partial charge in [0.25, 0.3) is 11.8 Å². The molecule has 7 heteroatoms. The number of fused-ring (bicyclic) bond motifs is 1. The molecule has 7 nitrogen and oxygen atoms in total. The first-order chi connectivity index (χ1) is 18.5. The Hall–Kier alpha value is -4.23. The number of hydrogen-bond donors (Lipinski definition) is 2. The van der Waals surface area contributed by atoms with Crippen LogP contribution < -0.4 is 15.4 Å². The minimum Gasteiger partial charge on any atom is -0.492 e. The number of aromatic nitrogens is 1. The molecule has 2 heterocycles. The van der Waals surface area contributed by atoms with E-state index in [0.29, 0.717) is 34.9 Å². The van der Waals surface area contributed by atoms with Crippen molar-refractivity contribution in [3.05, 3.63) is 95.7 Å². The molecule has 4 aromatic rings. The summed E-state index contributed by atoms with van der Waals surface area (Å²) >= 11 is 0. The first kappa shape index (κ1) is 25.4. The topological polar surface area (TPSA) is 83.6 Å². The fraction of sp³-hybridized carbons (Fsp3) is 0.258. The van der Waals surface area contributed by atoms with E-state index >= 15 is 0 Å². The minimum atomic E-state index is -0.236. The number of ether oxygens (including phenoxy) is 1. The molecule has 1 saturated heterocycles. The average molecular weight is 509 g/mol. The van der Waals surface area contributed by atoms with E-state index in [2.05, 4.69) is 20.5 Å². The van der Waals surface area contributed by atoms with Crippen LogP contribution in [0.4, 0.5) is 11.4 Å². The van der Waals surface area contributed by atoms with Crippen LogP contribution in [-0.4, -0.2) is 47.9 Å². The summed E-state index contributed by atoms with van der Waals surface area (Å²) in [5, 5.41) is 6.80. The van der Waals surface area contributed by atoms with Crippen LogP contribution in [0.3, 0.4) is 0 Å². The van der Waals surface area contributed by atoms with Crippen LogP contribution in [0.2, 0.25) is 0 Å². The van der Waals surface area contributed by atoms with E-state index in [-0.39, 0.29) is 11.8 Å². The first-order valence-electron chi connectivity index (χ1n) is 13.1. The van der Waals surface area contributed by atoms with Gasteiger partial charge in [-0.05, 0) is 93.0 Å². The maximum absolute atomic E-state index is 13.1. The van der Waals surface area contributed by atoms with Crippen LogP contribution in [0.25, 0.3) is 10.9 Å². The number of pyridine rings is 1. The fourth-order valence-corrected chi connectivity index (χ4v) is 4.65. The van der Waals surface area contributed by atoms with E-state index < -0.39 is 0 Å². The molecule has 0 radical (unpaired) electrons. The van der Waals surface area contributed by atoms with Crippen molar-refractivity contribution >= 4 is 34.1 Å². The monoisotopic (exact) mass is 508 g/mol. The number of aryl methyl sites for hydroxylation is 1. The van der Waals surface area contributed by atoms with Crippen molar-refractivity contribution in [3.63, 3.8) is 0 Å². The molecule has 0 aliphatic carbocycles. The predicted octanol–water partition coefficient (Wildman–Crippen LogP) is 5.91. The second-order valence-electron chi connectivity index (χ2n) is 9.63. The van der Waals surface area contributed by atoms with E-state index in [0.717, 1.165) is 36.1 Å². The number of nitrogens with zero attached hydrogens (tertiary/aromatic N) is 2. The fourth-order valence-electron chi connectivity index (χ4n) is 4.65. The molecule has 1 fully saturated rings. The van der Waals surface area contributed by atoms with E-state index in [1.807, 2.05) is 55.5 Å². The second kappa shape index (κ2) is 11.9. The van der Waals surface area contributed by atoms with Gasteiger partial charge in [0.2, 0.25) is 0 Å². The Morgan fingerprint density at radius 3 is 2.55 bits per heavy atom. The van der Waals surface area contributed by atoms with Crippen LogP contribution in [0.5, 0.6) is 5.75 Å². The number of amides is 2. The van der Waals surface area contributed by atoms with Crippen LogP contribution >= 0.6 is 0 Å². The summed E-state index contributed by atoms with van der Waals surface area (Å²) in [5.41, 5.74) is 4.00. The van der Waals surface area contributed by atoms with Gasteiger partial charge in [0.15, 0.2) is 0 Å². The Labute approximate surface area is 222 Å². The summed E-state index contributed by atoms with van der Waals surface area (Å²) in [6.07, 6.45) is 5.54. The summed E-state index contributed by atoms with van der Waals surface area (Å²) < 4.78 is 5.93. The zero-order chi connectivity index (χ0) is 26.3. The van der Waals surface area contributed by atoms with Crippen LogP contribution in [0.15, 0.2) is 79.0 Å². The molecule has 0 atom stereocenters. The third-order valence-corrected chi connectivity index (χ3v) is 6.83. The lowest BCUT2D eigenvalue weighted by molar-refractivity contribution is 0.101. The maximum atomic E-state index is 13.1. The zero-order valence-corrected chi connectivity index (χ0v) is 21.6. The van der Waals surface area contributed by atoms with Gasteiger partial charge in [-0.2, -0.15) is 0 Å². The van der Waals surface area contributed by atoms with Crippen molar-refractivity contribution in [1.82, 2.24) is 9.88 Å². The van der Waals surface area contributed by atoms with Crippen LogP contribution in [-0.2, 0) is 0 Å². The number of carbonyl (C=O) groups is 2. The molecular weight excluding hydrogens is 476 g/mol. The summed E-state index contributed by atoms with van der Waals surface area (Å²) in [7, 11) is 0. The number of carbonyl (C=O) groups excluding carboxylic acids is 2. The summed E-state index contributed by atoms with van der Waals surface area (Å²) in [4.78, 5) is 32.7. The summed E-state index contributed by atoms with van der Waals surface area (Å²) in [6, 6.07) is 21.9. The van der Waals surface area contributed by atoms with Crippen molar-refractivity contribution in [1.29, 1.82) is 0 Å². The Bertz CT molecular complexity index is 1450. The molecule has 0 saturated carbocycles. The number of nitrogens with one attached hydrogen (secondary N) is 2. The molecular formula is C31H32N4O3. The predicted molar refractivity (Wildman–Crippen MR) is 151 cm³/mol. The van der Waals surface area contributed by atoms with Crippen molar-refractivity contribution in [3.8, 4) is 5.75 Å². The van der Waals surface area contributed by atoms with Crippen molar-refractivity contribution < 1.29 is 14.3 Å². The van der Waals surface area contributed by atoms with E-state index in [4.69, 9.17) is 4.74 Å². The molecule has 2 N–H and O–H groups in total. The lowest BCUT2D eigenvalue weighted by Gasteiger charge is -2.26. The van der Waals surface area contributed by atoms with Crippen molar-refractivity contribution in [2.24, 2.45) is 0 Å². The molecule has 194 valence electrons. The van der Waals surface area contributed by atoms with Crippen molar-refractivity contribution in [2.45, 2.75) is 26.2 Å². The molecule has 1 aliphatic heterocycles. The maximum Gasteiger partial charge on any atom is 0.255 e. The number of rotatable bonds is 8. The molecule has 1 aromatic heterocycles. The highest BCUT2D eigenvalue weighted by atomic mass is 16.5. The SMILES string of the molecule is Cc1ccc(NC(=O)c2ccc3ncccc3c2)cc1NC(=O)c1cccc(OCCN2CCCCC2)c1. The van der Waals surface area contributed by atoms with Gasteiger partial charge in [-0.15, -0.1) is 0 Å². The van der Waals surface area contributed by atoms with E-state index in [1.54, 1.807) is 30.5 Å². The largest absolute Gasteiger partial charge is 0.492 e. The quantitative estimate of drug-likeness (QED) is 0.309. The van der Waals surface area contributed by atoms with E-state index in [9.17, 15) is 9.59 Å². The normalized spacial score (nSPS) is 13.7. The molecule has 38 heavy (non-hydrogen) atoms. The number of benzene rings is 3. The molecule has 2 amide bonds. The highest BCUT2D eigenvalue weighted by molar-refractivity contribution is 6.07. The van der Waals surface area contributed by atoms with Gasteiger partial charge >= 0.3 is 0 Å². The lowest BCUT2D eigenvalue weighted by Crippen LogP contribution is -2.33. The summed E-state index contributed by atoms with van der Waals surface area (Å²) in [5.74, 6) is 0.212. The molecule has 0 bridgehead atoms. The van der Waals surface area contributed by atoms with Crippen molar-refractivity contribution in [2.75, 3.05) is 36.9 Å². The first-order valence-corrected chi connectivity index (χ1v) is 13.1. The third-order valence-electron chi connectivity index (χ3n) is 6.83. The number of hydrogen-bond acceptors (Lipinski definition) is 5. The van der Waals surface area contributed by atoms with Crippen LogP contribution in [0.1, 0.15) is 45.5 Å². The zero-order valence-electron chi connectivity index (χ0n) is 21.6. The molecule has 0 unspecified atom stereocenters. The van der Waals surface area contributed by atoms with Gasteiger partial charge in [0, 0.05) is 40.6 Å². The van der Waals surface area contributed by atoms with Crippen LogP contribution in [0, 0.1) is 6.92 Å². The van der Waals surface area contributed by atoms with Gasteiger partial charge in [-0.25, -0.2) is 0 Å². The average Bonchev–Trinajstić information content (AvgIpc) is 2.95. The number of likely N-dealkylation sites (tertiary alicyclic amines) is 1.